The molecule has 3 aromatic rings. The van der Waals surface area contributed by atoms with E-state index in [-0.39, 0.29) is 18.4 Å². The quantitative estimate of drug-likeness (QED) is 0.530. The van der Waals surface area contributed by atoms with E-state index < -0.39 is 0 Å². The number of fused-ring (bicyclic) bond motifs is 1. The van der Waals surface area contributed by atoms with Crippen molar-refractivity contribution in [2.75, 3.05) is 19.6 Å². The highest BCUT2D eigenvalue weighted by Crippen LogP contribution is 2.17. The summed E-state index contributed by atoms with van der Waals surface area (Å²) in [4.78, 5) is 31.5. The first kappa shape index (κ1) is 21.0. The van der Waals surface area contributed by atoms with Gasteiger partial charge in [-0.2, -0.15) is 0 Å². The second-order valence-corrected chi connectivity index (χ2v) is 6.85. The highest BCUT2D eigenvalue weighted by Gasteiger charge is 2.17. The van der Waals surface area contributed by atoms with Crippen LogP contribution in [0.3, 0.4) is 0 Å². The number of hydrogen-bond donors (Lipinski definition) is 1. The Hall–Kier alpha value is -3.67. The minimum atomic E-state index is -0.127. The molecule has 2 aromatic carbocycles. The summed E-state index contributed by atoms with van der Waals surface area (Å²) in [6, 6.07) is 16.8. The van der Waals surface area contributed by atoms with Crippen molar-refractivity contribution in [3.05, 3.63) is 91.3 Å². The molecule has 30 heavy (non-hydrogen) atoms. The molecule has 0 fully saturated rings. The van der Waals surface area contributed by atoms with E-state index >= 15 is 0 Å². The molecule has 0 spiro atoms. The molecule has 6 nitrogen and oxygen atoms in total. The Morgan fingerprint density at radius 1 is 1.00 bits per heavy atom. The van der Waals surface area contributed by atoms with E-state index in [1.54, 1.807) is 29.2 Å². The number of carbonyl (C=O) groups excluding carboxylic acids is 2. The van der Waals surface area contributed by atoms with Crippen LogP contribution >= 0.6 is 0 Å². The van der Waals surface area contributed by atoms with Gasteiger partial charge in [-0.05, 0) is 24.3 Å². The summed E-state index contributed by atoms with van der Waals surface area (Å²) in [5.74, 6) is 0.597. The molecular weight excluding hydrogens is 376 g/mol. The first-order valence-corrected chi connectivity index (χ1v) is 9.91. The van der Waals surface area contributed by atoms with Gasteiger partial charge < -0.3 is 14.8 Å². The molecule has 0 aliphatic heterocycles. The summed E-state index contributed by atoms with van der Waals surface area (Å²) in [6.07, 6.45) is 3.92. The summed E-state index contributed by atoms with van der Waals surface area (Å²) >= 11 is 0. The molecule has 0 radical (unpaired) electrons. The molecule has 1 heterocycles. The Labute approximate surface area is 176 Å². The van der Waals surface area contributed by atoms with E-state index in [9.17, 15) is 9.59 Å². The highest BCUT2D eigenvalue weighted by molar-refractivity contribution is 5.94. The van der Waals surface area contributed by atoms with E-state index in [1.807, 2.05) is 47.0 Å². The molecule has 3 rings (SSSR count). The molecule has 1 aromatic heterocycles. The maximum Gasteiger partial charge on any atom is 0.251 e. The minimum absolute atomic E-state index is 0.0347. The molecule has 0 atom stereocenters. The van der Waals surface area contributed by atoms with Crippen molar-refractivity contribution in [2.45, 2.75) is 13.0 Å². The number of rotatable bonds is 10. The zero-order valence-corrected chi connectivity index (χ0v) is 17.0. The van der Waals surface area contributed by atoms with Gasteiger partial charge in [0.15, 0.2) is 0 Å². The van der Waals surface area contributed by atoms with Gasteiger partial charge in [0.25, 0.3) is 5.91 Å². The van der Waals surface area contributed by atoms with Gasteiger partial charge in [0.1, 0.15) is 12.4 Å². The summed E-state index contributed by atoms with van der Waals surface area (Å²) in [5, 5.41) is 2.92. The summed E-state index contributed by atoms with van der Waals surface area (Å²) in [6.45, 7) is 8.96. The summed E-state index contributed by atoms with van der Waals surface area (Å²) < 4.78 is 1.92. The SMILES string of the molecule is C=CCN(CC=C)C(=O)Cn1c(CCNC(=O)c2ccccc2)nc2ccccc21. The molecule has 0 unspecified atom stereocenters. The second kappa shape index (κ2) is 10.2. The monoisotopic (exact) mass is 402 g/mol. The average Bonchev–Trinajstić information content (AvgIpc) is 3.11. The van der Waals surface area contributed by atoms with Gasteiger partial charge in [-0.15, -0.1) is 13.2 Å². The molecule has 0 aliphatic carbocycles. The largest absolute Gasteiger partial charge is 0.352 e. The van der Waals surface area contributed by atoms with Crippen LogP contribution in [0.4, 0.5) is 0 Å². The van der Waals surface area contributed by atoms with Crippen LogP contribution in [0.25, 0.3) is 11.0 Å². The highest BCUT2D eigenvalue weighted by atomic mass is 16.2. The number of imidazole rings is 1. The molecule has 0 aliphatic rings. The Balaban J connectivity index is 1.76. The van der Waals surface area contributed by atoms with Gasteiger partial charge in [-0.1, -0.05) is 42.5 Å². The number of benzene rings is 2. The maximum absolute atomic E-state index is 12.9. The number of para-hydroxylation sites is 2. The van der Waals surface area contributed by atoms with Gasteiger partial charge in [0.05, 0.1) is 11.0 Å². The number of nitrogens with zero attached hydrogens (tertiary/aromatic N) is 3. The number of hydrogen-bond acceptors (Lipinski definition) is 3. The van der Waals surface area contributed by atoms with Crippen LogP contribution in [0.15, 0.2) is 79.9 Å². The zero-order valence-electron chi connectivity index (χ0n) is 17.0. The summed E-state index contributed by atoms with van der Waals surface area (Å²) in [5.41, 5.74) is 2.34. The van der Waals surface area contributed by atoms with E-state index in [0.29, 0.717) is 31.6 Å². The van der Waals surface area contributed by atoms with Crippen molar-refractivity contribution in [1.82, 2.24) is 19.8 Å². The van der Waals surface area contributed by atoms with Gasteiger partial charge in [0, 0.05) is 31.6 Å². The van der Waals surface area contributed by atoms with Crippen LogP contribution in [0.5, 0.6) is 0 Å². The molecule has 2 amide bonds. The lowest BCUT2D eigenvalue weighted by Gasteiger charge is -2.20. The van der Waals surface area contributed by atoms with Gasteiger partial charge in [0.2, 0.25) is 5.91 Å². The fourth-order valence-corrected chi connectivity index (χ4v) is 3.30. The second-order valence-electron chi connectivity index (χ2n) is 6.85. The topological polar surface area (TPSA) is 67.2 Å². The molecule has 0 saturated heterocycles. The van der Waals surface area contributed by atoms with Crippen LogP contribution in [0, 0.1) is 0 Å². The Kier molecular flexibility index (Phi) is 7.16. The lowest BCUT2D eigenvalue weighted by atomic mass is 10.2. The van der Waals surface area contributed by atoms with Crippen molar-refractivity contribution in [1.29, 1.82) is 0 Å². The van der Waals surface area contributed by atoms with Gasteiger partial charge in [-0.25, -0.2) is 4.98 Å². The normalized spacial score (nSPS) is 10.5. The number of nitrogens with one attached hydrogen (secondary N) is 1. The van der Waals surface area contributed by atoms with Crippen molar-refractivity contribution >= 4 is 22.8 Å². The van der Waals surface area contributed by atoms with Crippen LogP contribution in [0.2, 0.25) is 0 Å². The number of aromatic nitrogens is 2. The molecule has 154 valence electrons. The van der Waals surface area contributed by atoms with Crippen molar-refractivity contribution in [3.8, 4) is 0 Å². The van der Waals surface area contributed by atoms with E-state index in [0.717, 1.165) is 16.9 Å². The molecule has 0 bridgehead atoms. The first-order valence-electron chi connectivity index (χ1n) is 9.91. The predicted molar refractivity (Wildman–Crippen MR) is 119 cm³/mol. The Morgan fingerprint density at radius 2 is 1.67 bits per heavy atom. The van der Waals surface area contributed by atoms with Crippen LogP contribution in [-0.4, -0.2) is 45.9 Å². The van der Waals surface area contributed by atoms with Gasteiger partial charge in [-0.3, -0.25) is 9.59 Å². The lowest BCUT2D eigenvalue weighted by Crippen LogP contribution is -2.34. The average molecular weight is 402 g/mol. The molecule has 1 N–H and O–H groups in total. The first-order chi connectivity index (χ1) is 14.6. The van der Waals surface area contributed by atoms with Crippen LogP contribution in [0.1, 0.15) is 16.2 Å². The Morgan fingerprint density at radius 3 is 2.37 bits per heavy atom. The van der Waals surface area contributed by atoms with Gasteiger partial charge >= 0.3 is 0 Å². The fraction of sp³-hybridized carbons (Fsp3) is 0.208. The number of amides is 2. The lowest BCUT2D eigenvalue weighted by molar-refractivity contribution is -0.130. The third-order valence-corrected chi connectivity index (χ3v) is 4.75. The molecule has 0 saturated carbocycles. The molecule has 6 heteroatoms. The Bertz CT molecular complexity index is 1030. The molecular formula is C24H26N4O2. The van der Waals surface area contributed by atoms with E-state index in [1.165, 1.54) is 0 Å². The smallest absolute Gasteiger partial charge is 0.251 e. The van der Waals surface area contributed by atoms with E-state index in [4.69, 9.17) is 0 Å². The fourth-order valence-electron chi connectivity index (χ4n) is 3.30. The predicted octanol–water partition coefficient (Wildman–Crippen LogP) is 3.21. The minimum Gasteiger partial charge on any atom is -0.352 e. The number of carbonyl (C=O) groups is 2. The maximum atomic E-state index is 12.9. The third kappa shape index (κ3) is 5.03. The van der Waals surface area contributed by atoms with Crippen molar-refractivity contribution in [3.63, 3.8) is 0 Å². The standard InChI is InChI=1S/C24H26N4O2/c1-3-16-27(17-4-2)23(29)18-28-21-13-9-8-12-20(21)26-22(28)14-15-25-24(30)19-10-6-5-7-11-19/h3-13H,1-2,14-18H2,(H,25,30). The van der Waals surface area contributed by atoms with Crippen LogP contribution < -0.4 is 5.32 Å². The van der Waals surface area contributed by atoms with Crippen molar-refractivity contribution < 1.29 is 9.59 Å². The van der Waals surface area contributed by atoms with E-state index in [2.05, 4.69) is 23.5 Å². The zero-order chi connectivity index (χ0) is 21.3. The summed E-state index contributed by atoms with van der Waals surface area (Å²) in [7, 11) is 0. The van der Waals surface area contributed by atoms with Crippen molar-refractivity contribution in [2.24, 2.45) is 0 Å². The van der Waals surface area contributed by atoms with Crippen LogP contribution in [-0.2, 0) is 17.8 Å². The third-order valence-electron chi connectivity index (χ3n) is 4.75.